The number of aryl methyl sites for hydroxylation is 2. The van der Waals surface area contributed by atoms with Crippen molar-refractivity contribution in [1.29, 1.82) is 0 Å². The van der Waals surface area contributed by atoms with E-state index in [4.69, 9.17) is 10.7 Å². The molecule has 1 atom stereocenters. The molecule has 1 aliphatic heterocycles. The van der Waals surface area contributed by atoms with Crippen molar-refractivity contribution >= 4 is 17.2 Å². The molecule has 0 spiro atoms. The minimum Gasteiger partial charge on any atom is -0.366 e. The largest absolute Gasteiger partial charge is 0.366 e. The number of thiazole rings is 1. The van der Waals surface area contributed by atoms with Crippen molar-refractivity contribution in [3.63, 3.8) is 0 Å². The van der Waals surface area contributed by atoms with Crippen molar-refractivity contribution in [3.8, 4) is 0 Å². The first-order valence-electron chi connectivity index (χ1n) is 8.78. The van der Waals surface area contributed by atoms with Crippen LogP contribution in [-0.2, 0) is 19.4 Å². The fraction of sp³-hybridized carbons (Fsp3) is 0.474. The van der Waals surface area contributed by atoms with E-state index in [9.17, 15) is 4.79 Å². The normalized spacial score (nSPS) is 20.9. The highest BCUT2D eigenvalue weighted by Crippen LogP contribution is 2.35. The molecule has 2 N–H and O–H groups in total. The first kappa shape index (κ1) is 15.8. The van der Waals surface area contributed by atoms with Gasteiger partial charge in [-0.1, -0.05) is 12.1 Å². The number of benzene rings is 1. The molecule has 126 valence electrons. The number of amides is 1. The molecular weight excluding hydrogens is 318 g/mol. The Morgan fingerprint density at radius 3 is 2.83 bits per heavy atom. The number of piperidine rings is 1. The molecule has 4 nitrogen and oxygen atoms in total. The van der Waals surface area contributed by atoms with E-state index < -0.39 is 0 Å². The lowest BCUT2D eigenvalue weighted by atomic mass is 9.98. The van der Waals surface area contributed by atoms with Crippen molar-refractivity contribution in [2.24, 2.45) is 5.73 Å². The molecule has 1 saturated heterocycles. The van der Waals surface area contributed by atoms with Crippen LogP contribution in [0.4, 0.5) is 0 Å². The number of nitrogens with zero attached hydrogens (tertiary/aromatic N) is 2. The molecule has 0 saturated carbocycles. The first-order chi connectivity index (χ1) is 11.7. The maximum absolute atomic E-state index is 11.2. The Bertz CT molecular complexity index is 716. The molecule has 1 amide bonds. The number of aromatic nitrogens is 1. The van der Waals surface area contributed by atoms with Crippen molar-refractivity contribution in [2.75, 3.05) is 13.1 Å². The van der Waals surface area contributed by atoms with E-state index in [1.807, 2.05) is 35.6 Å². The monoisotopic (exact) mass is 341 g/mol. The van der Waals surface area contributed by atoms with Gasteiger partial charge in [-0.25, -0.2) is 4.98 Å². The van der Waals surface area contributed by atoms with E-state index in [-0.39, 0.29) is 5.91 Å². The molecule has 4 rings (SSSR count). The Morgan fingerprint density at radius 2 is 2.08 bits per heavy atom. The van der Waals surface area contributed by atoms with Gasteiger partial charge in [0.15, 0.2) is 0 Å². The molecule has 2 aliphatic rings. The zero-order chi connectivity index (χ0) is 16.5. The van der Waals surface area contributed by atoms with Crippen LogP contribution in [0.5, 0.6) is 0 Å². The smallest absolute Gasteiger partial charge is 0.248 e. The van der Waals surface area contributed by atoms with E-state index in [1.165, 1.54) is 53.2 Å². The minimum atomic E-state index is -0.364. The zero-order valence-electron chi connectivity index (χ0n) is 13.8. The van der Waals surface area contributed by atoms with Crippen LogP contribution in [0.15, 0.2) is 24.3 Å². The van der Waals surface area contributed by atoms with Gasteiger partial charge in [0.05, 0.1) is 10.7 Å². The molecule has 0 radical (unpaired) electrons. The van der Waals surface area contributed by atoms with E-state index in [0.717, 1.165) is 19.6 Å². The second-order valence-corrected chi connectivity index (χ2v) is 8.03. The molecule has 2 aromatic rings. The van der Waals surface area contributed by atoms with Crippen LogP contribution >= 0.6 is 11.3 Å². The minimum absolute atomic E-state index is 0.364. The highest BCUT2D eigenvalue weighted by atomic mass is 32.1. The molecular formula is C19H23N3OS. The summed E-state index contributed by atoms with van der Waals surface area (Å²) in [6.07, 6.45) is 6.18. The topological polar surface area (TPSA) is 59.2 Å². The summed E-state index contributed by atoms with van der Waals surface area (Å²) in [7, 11) is 0. The van der Waals surface area contributed by atoms with Crippen molar-refractivity contribution in [3.05, 3.63) is 51.0 Å². The van der Waals surface area contributed by atoms with Gasteiger partial charge in [0.25, 0.3) is 0 Å². The maximum Gasteiger partial charge on any atom is 0.248 e. The predicted octanol–water partition coefficient (Wildman–Crippen LogP) is 3.11. The van der Waals surface area contributed by atoms with E-state index >= 15 is 0 Å². The molecule has 2 heterocycles. The first-order valence-corrected chi connectivity index (χ1v) is 9.60. The summed E-state index contributed by atoms with van der Waals surface area (Å²) in [6, 6.07) is 7.68. The fourth-order valence-corrected chi connectivity index (χ4v) is 5.10. The predicted molar refractivity (Wildman–Crippen MR) is 96.4 cm³/mol. The Morgan fingerprint density at radius 1 is 1.25 bits per heavy atom. The quantitative estimate of drug-likeness (QED) is 0.929. The van der Waals surface area contributed by atoms with Gasteiger partial charge >= 0.3 is 0 Å². The van der Waals surface area contributed by atoms with Crippen LogP contribution in [0.3, 0.4) is 0 Å². The molecule has 1 aliphatic carbocycles. The number of hydrogen-bond donors (Lipinski definition) is 1. The second kappa shape index (κ2) is 6.65. The number of likely N-dealkylation sites (tertiary alicyclic amines) is 1. The molecule has 5 heteroatoms. The average molecular weight is 341 g/mol. The van der Waals surface area contributed by atoms with Gasteiger partial charge in [-0.05, 0) is 56.3 Å². The summed E-state index contributed by atoms with van der Waals surface area (Å²) in [5, 5.41) is 1.36. The summed E-state index contributed by atoms with van der Waals surface area (Å²) >= 11 is 1.95. The number of fused-ring (bicyclic) bond motifs is 1. The summed E-state index contributed by atoms with van der Waals surface area (Å²) < 4.78 is 0. The third-order valence-electron chi connectivity index (χ3n) is 5.11. The van der Waals surface area contributed by atoms with Gasteiger partial charge in [-0.2, -0.15) is 0 Å². The van der Waals surface area contributed by atoms with Crippen LogP contribution in [0.2, 0.25) is 0 Å². The number of rotatable bonds is 4. The summed E-state index contributed by atoms with van der Waals surface area (Å²) in [5.74, 6) is 0.218. The van der Waals surface area contributed by atoms with Gasteiger partial charge in [0.2, 0.25) is 5.91 Å². The van der Waals surface area contributed by atoms with E-state index in [1.54, 1.807) is 0 Å². The van der Waals surface area contributed by atoms with Crippen LogP contribution in [0, 0.1) is 0 Å². The number of carbonyl (C=O) groups excluding carboxylic acids is 1. The summed E-state index contributed by atoms with van der Waals surface area (Å²) in [5.41, 5.74) is 8.49. The summed E-state index contributed by atoms with van der Waals surface area (Å²) in [6.45, 7) is 3.16. The Hall–Kier alpha value is -1.72. The number of primary amides is 1. The van der Waals surface area contributed by atoms with Crippen molar-refractivity contribution < 1.29 is 4.79 Å². The van der Waals surface area contributed by atoms with Gasteiger partial charge in [0, 0.05) is 29.4 Å². The molecule has 24 heavy (non-hydrogen) atoms. The number of nitrogens with two attached hydrogens (primary N) is 1. The second-order valence-electron chi connectivity index (χ2n) is 6.91. The molecule has 0 bridgehead atoms. The standard InChI is InChI=1S/C19H23N3OS/c20-18(23)14-8-6-13(7-9-14)11-22-10-2-3-15(12-22)19-21-16-4-1-5-17(16)24-19/h6-9,15H,1-5,10-12H2,(H2,20,23). The molecule has 1 fully saturated rings. The van der Waals surface area contributed by atoms with Crippen LogP contribution in [0.1, 0.15) is 56.7 Å². The maximum atomic E-state index is 11.2. The van der Waals surface area contributed by atoms with Gasteiger partial charge in [-0.3, -0.25) is 9.69 Å². The molecule has 1 aromatic carbocycles. The van der Waals surface area contributed by atoms with Gasteiger partial charge < -0.3 is 5.73 Å². The number of carbonyl (C=O) groups is 1. The lowest BCUT2D eigenvalue weighted by molar-refractivity contribution is 0.100. The van der Waals surface area contributed by atoms with Crippen LogP contribution < -0.4 is 5.73 Å². The van der Waals surface area contributed by atoms with Gasteiger partial charge in [0.1, 0.15) is 0 Å². The average Bonchev–Trinajstić information content (AvgIpc) is 3.17. The third-order valence-corrected chi connectivity index (χ3v) is 6.43. The lowest BCUT2D eigenvalue weighted by Crippen LogP contribution is -2.33. The molecule has 1 unspecified atom stereocenters. The van der Waals surface area contributed by atoms with Crippen LogP contribution in [0.25, 0.3) is 0 Å². The lowest BCUT2D eigenvalue weighted by Gasteiger charge is -2.31. The van der Waals surface area contributed by atoms with E-state index in [2.05, 4.69) is 4.90 Å². The Labute approximate surface area is 146 Å². The molecule has 1 aromatic heterocycles. The SMILES string of the molecule is NC(=O)c1ccc(CN2CCCC(c3nc4c(s3)CCC4)C2)cc1. The Kier molecular flexibility index (Phi) is 4.37. The highest BCUT2D eigenvalue weighted by Gasteiger charge is 2.26. The zero-order valence-corrected chi connectivity index (χ0v) is 14.6. The van der Waals surface area contributed by atoms with Crippen LogP contribution in [-0.4, -0.2) is 28.9 Å². The van der Waals surface area contributed by atoms with E-state index in [0.29, 0.717) is 11.5 Å². The van der Waals surface area contributed by atoms with Crippen molar-refractivity contribution in [1.82, 2.24) is 9.88 Å². The van der Waals surface area contributed by atoms with Gasteiger partial charge in [-0.15, -0.1) is 11.3 Å². The third kappa shape index (κ3) is 3.23. The Balaban J connectivity index is 1.41. The fourth-order valence-electron chi connectivity index (χ4n) is 3.82. The highest BCUT2D eigenvalue weighted by molar-refractivity contribution is 7.11. The summed E-state index contributed by atoms with van der Waals surface area (Å²) in [4.78, 5) is 20.1. The van der Waals surface area contributed by atoms with Crippen molar-refractivity contribution in [2.45, 2.75) is 44.6 Å². The number of hydrogen-bond acceptors (Lipinski definition) is 4.